The van der Waals surface area contributed by atoms with Crippen molar-refractivity contribution in [2.24, 2.45) is 0 Å². The molecule has 0 fully saturated rings. The van der Waals surface area contributed by atoms with Gasteiger partial charge in [0, 0.05) is 59.4 Å². The lowest BCUT2D eigenvalue weighted by Gasteiger charge is -2.46. The fraction of sp³-hybridized carbons (Fsp3) is 0.394. The van der Waals surface area contributed by atoms with Crippen LogP contribution in [0.5, 0.6) is 0 Å². The molecule has 3 aliphatic rings. The Balaban J connectivity index is 1.50. The highest BCUT2D eigenvalue weighted by Crippen LogP contribution is 2.58. The molecule has 39 heavy (non-hydrogen) atoms. The third-order valence-corrected chi connectivity index (χ3v) is 9.86. The molecule has 2 unspecified atom stereocenters. The molecule has 200 valence electrons. The van der Waals surface area contributed by atoms with Crippen LogP contribution in [0, 0.1) is 6.92 Å². The highest BCUT2D eigenvalue weighted by atomic mass is 31.0. The van der Waals surface area contributed by atoms with Gasteiger partial charge in [-0.25, -0.2) is 9.67 Å². The molecule has 0 bridgehead atoms. The van der Waals surface area contributed by atoms with Crippen molar-refractivity contribution >= 4 is 25.9 Å². The number of aromatic nitrogens is 4. The van der Waals surface area contributed by atoms with Crippen molar-refractivity contribution in [2.75, 3.05) is 11.4 Å². The highest BCUT2D eigenvalue weighted by Gasteiger charge is 2.52. The number of benzene rings is 1. The Hall–Kier alpha value is -3.17. The minimum Gasteiger partial charge on any atom is -0.364 e. The molecule has 0 saturated heterocycles. The van der Waals surface area contributed by atoms with Crippen LogP contribution >= 0.6 is 9.24 Å². The highest BCUT2D eigenvalue weighted by molar-refractivity contribution is 7.28. The molecule has 7 rings (SSSR count). The molecule has 5 heterocycles. The molecule has 0 saturated carbocycles. The normalized spacial score (nSPS) is 20.5. The van der Waals surface area contributed by atoms with Crippen LogP contribution in [-0.4, -0.2) is 26.3 Å². The van der Waals surface area contributed by atoms with Crippen LogP contribution in [0.4, 0.5) is 5.82 Å². The first-order chi connectivity index (χ1) is 18.7. The Morgan fingerprint density at radius 2 is 1.95 bits per heavy atom. The summed E-state index contributed by atoms with van der Waals surface area (Å²) >= 11 is 0. The molecule has 0 spiro atoms. The summed E-state index contributed by atoms with van der Waals surface area (Å²) < 4.78 is 2.34. The summed E-state index contributed by atoms with van der Waals surface area (Å²) in [4.78, 5) is 11.1. The van der Waals surface area contributed by atoms with Crippen molar-refractivity contribution in [2.45, 2.75) is 78.2 Å². The smallest absolute Gasteiger partial charge is 0.136 e. The van der Waals surface area contributed by atoms with E-state index in [4.69, 9.17) is 10.1 Å². The number of aryl methyl sites for hydroxylation is 3. The second-order valence-corrected chi connectivity index (χ2v) is 12.9. The van der Waals surface area contributed by atoms with Gasteiger partial charge in [-0.15, -0.1) is 9.24 Å². The van der Waals surface area contributed by atoms with Gasteiger partial charge in [-0.1, -0.05) is 52.0 Å². The number of allylic oxidation sites excluding steroid dienone is 2. The lowest BCUT2D eigenvalue weighted by atomic mass is 9.59. The number of pyridine rings is 1. The number of anilines is 1. The number of rotatable bonds is 3. The number of fused-ring (bicyclic) bond motifs is 10. The molecule has 1 N–H and O–H groups in total. The zero-order valence-electron chi connectivity index (χ0n) is 23.9. The Bertz CT molecular complexity index is 1690. The predicted molar refractivity (Wildman–Crippen MR) is 164 cm³/mol. The number of hydrogen-bond donors (Lipinski definition) is 1. The van der Waals surface area contributed by atoms with Crippen LogP contribution in [0.2, 0.25) is 0 Å². The number of H-pyrrole nitrogens is 1. The number of hydrogen-bond acceptors (Lipinski definition) is 3. The number of nitrogens with one attached hydrogen (secondary N) is 1. The van der Waals surface area contributed by atoms with E-state index in [-0.39, 0.29) is 10.8 Å². The Kier molecular flexibility index (Phi) is 5.36. The van der Waals surface area contributed by atoms with Crippen molar-refractivity contribution in [1.82, 2.24) is 19.7 Å². The fourth-order valence-corrected chi connectivity index (χ4v) is 8.00. The molecule has 2 aliphatic heterocycles. The van der Waals surface area contributed by atoms with Crippen LogP contribution in [0.1, 0.15) is 85.1 Å². The minimum absolute atomic E-state index is 0.0918. The van der Waals surface area contributed by atoms with Gasteiger partial charge in [-0.2, -0.15) is 5.10 Å². The Morgan fingerprint density at radius 3 is 2.69 bits per heavy atom. The molecule has 0 amide bonds. The molecule has 4 aromatic rings. The van der Waals surface area contributed by atoms with Crippen molar-refractivity contribution in [1.29, 1.82) is 0 Å². The summed E-state index contributed by atoms with van der Waals surface area (Å²) in [6, 6.07) is 9.09. The van der Waals surface area contributed by atoms with E-state index < -0.39 is 0 Å². The molecule has 6 heteroatoms. The van der Waals surface area contributed by atoms with Gasteiger partial charge < -0.3 is 9.88 Å². The fourth-order valence-electron chi connectivity index (χ4n) is 7.53. The molecule has 0 radical (unpaired) electrons. The average molecular weight is 536 g/mol. The summed E-state index contributed by atoms with van der Waals surface area (Å²) in [5.74, 6) is 1.07. The SMILES string of the molecule is CCc1cnc(N2CCc3nn4c(c3C2)C2(C)C(=CC(C)(C)c3[nH]cc(C)c32)c2cccc(CC)c2-4)c(P)c1. The molecule has 3 aromatic heterocycles. The minimum atomic E-state index is -0.304. The van der Waals surface area contributed by atoms with E-state index in [0.717, 1.165) is 38.2 Å². The maximum atomic E-state index is 5.41. The van der Waals surface area contributed by atoms with Crippen LogP contribution in [0.25, 0.3) is 11.3 Å². The van der Waals surface area contributed by atoms with E-state index >= 15 is 0 Å². The number of aromatic amines is 1. The molecule has 1 aliphatic carbocycles. The number of para-hydroxylation sites is 1. The maximum absolute atomic E-state index is 5.41. The van der Waals surface area contributed by atoms with Crippen molar-refractivity contribution in [3.8, 4) is 5.69 Å². The quantitative estimate of drug-likeness (QED) is 0.323. The first kappa shape index (κ1) is 24.8. The van der Waals surface area contributed by atoms with Crippen molar-refractivity contribution in [3.63, 3.8) is 0 Å². The van der Waals surface area contributed by atoms with Crippen molar-refractivity contribution in [3.05, 3.63) is 93.2 Å². The zero-order chi connectivity index (χ0) is 27.3. The first-order valence-electron chi connectivity index (χ1n) is 14.3. The summed E-state index contributed by atoms with van der Waals surface area (Å²) in [5.41, 5.74) is 14.2. The van der Waals surface area contributed by atoms with Gasteiger partial charge in [0.2, 0.25) is 0 Å². The molecular formula is C33H38N5P. The van der Waals surface area contributed by atoms with Gasteiger partial charge in [-0.05, 0) is 60.6 Å². The third-order valence-electron chi connectivity index (χ3n) is 9.44. The lowest BCUT2D eigenvalue weighted by molar-refractivity contribution is 0.553. The average Bonchev–Trinajstić information content (AvgIpc) is 3.52. The van der Waals surface area contributed by atoms with E-state index in [2.05, 4.69) is 102 Å². The van der Waals surface area contributed by atoms with Crippen LogP contribution < -0.4 is 10.2 Å². The summed E-state index contributed by atoms with van der Waals surface area (Å²) in [6.07, 6.45) is 9.66. The zero-order valence-corrected chi connectivity index (χ0v) is 25.1. The van der Waals surface area contributed by atoms with E-state index in [9.17, 15) is 0 Å². The molecule has 5 nitrogen and oxygen atoms in total. The van der Waals surface area contributed by atoms with Gasteiger partial charge in [0.25, 0.3) is 0 Å². The predicted octanol–water partition coefficient (Wildman–Crippen LogP) is 6.09. The topological polar surface area (TPSA) is 49.7 Å². The largest absolute Gasteiger partial charge is 0.364 e. The Labute approximate surface area is 233 Å². The van der Waals surface area contributed by atoms with Gasteiger partial charge in [0.15, 0.2) is 0 Å². The monoisotopic (exact) mass is 535 g/mol. The standard InChI is InChI=1S/C33H38N5P/c1-7-20-14-26(39)31(35-17-20)37-13-12-25-23(18-37)30-33(6)24(15-32(4,5)29-27(33)19(3)16-34-29)22-11-9-10-21(8-2)28(22)38(30)36-25/h9-11,14-17,34H,7-8,12-13,18,39H2,1-6H3. The maximum Gasteiger partial charge on any atom is 0.136 e. The van der Waals surface area contributed by atoms with Gasteiger partial charge in [0.05, 0.1) is 22.5 Å². The van der Waals surface area contributed by atoms with Crippen LogP contribution in [0.15, 0.2) is 42.7 Å². The van der Waals surface area contributed by atoms with E-state index in [1.807, 2.05) is 6.20 Å². The summed E-state index contributed by atoms with van der Waals surface area (Å²) in [6.45, 7) is 15.6. The third kappa shape index (κ3) is 3.29. The number of nitrogens with zero attached hydrogens (tertiary/aromatic N) is 4. The molecule has 2 atom stereocenters. The summed E-state index contributed by atoms with van der Waals surface area (Å²) in [7, 11) is 2.93. The molecular weight excluding hydrogens is 497 g/mol. The van der Waals surface area contributed by atoms with E-state index in [0.29, 0.717) is 0 Å². The van der Waals surface area contributed by atoms with Gasteiger partial charge >= 0.3 is 0 Å². The van der Waals surface area contributed by atoms with E-state index in [1.165, 1.54) is 67.0 Å². The first-order valence-corrected chi connectivity index (χ1v) is 14.9. The van der Waals surface area contributed by atoms with E-state index in [1.54, 1.807) is 0 Å². The van der Waals surface area contributed by atoms with Crippen molar-refractivity contribution < 1.29 is 0 Å². The second-order valence-electron chi connectivity index (χ2n) is 12.3. The van der Waals surface area contributed by atoms with Crippen LogP contribution in [-0.2, 0) is 36.6 Å². The molecule has 1 aromatic carbocycles. The summed E-state index contributed by atoms with van der Waals surface area (Å²) in [5, 5.41) is 6.58. The van der Waals surface area contributed by atoms with Crippen LogP contribution in [0.3, 0.4) is 0 Å². The van der Waals surface area contributed by atoms with Gasteiger partial charge in [0.1, 0.15) is 5.82 Å². The Morgan fingerprint density at radius 1 is 1.13 bits per heavy atom. The lowest BCUT2D eigenvalue weighted by Crippen LogP contribution is -2.42. The second kappa shape index (κ2) is 8.41. The van der Waals surface area contributed by atoms with Gasteiger partial charge in [-0.3, -0.25) is 0 Å².